The molecule has 1 aliphatic heterocycles. The van der Waals surface area contributed by atoms with E-state index in [0.29, 0.717) is 0 Å². The lowest BCUT2D eigenvalue weighted by molar-refractivity contribution is 0.160. The number of piperidine rings is 1. The lowest BCUT2D eigenvalue weighted by Crippen LogP contribution is -2.35. The molecule has 1 N–H and O–H groups in total. The molecule has 0 aromatic heterocycles. The Morgan fingerprint density at radius 1 is 1.20 bits per heavy atom. The van der Waals surface area contributed by atoms with Gasteiger partial charge < -0.3 is 10.1 Å². The Kier molecular flexibility index (Phi) is 6.34. The molecule has 1 aliphatic rings. The van der Waals surface area contributed by atoms with Crippen molar-refractivity contribution >= 4 is 0 Å². The number of benzene rings is 1. The van der Waals surface area contributed by atoms with Crippen LogP contribution in [0.25, 0.3) is 0 Å². The van der Waals surface area contributed by atoms with Crippen molar-refractivity contribution in [3.05, 3.63) is 29.8 Å². The summed E-state index contributed by atoms with van der Waals surface area (Å²) in [5, 5.41) is 3.33. The van der Waals surface area contributed by atoms with Gasteiger partial charge in [0.25, 0.3) is 0 Å². The van der Waals surface area contributed by atoms with Crippen molar-refractivity contribution in [2.45, 2.75) is 33.2 Å². The standard InChI is InChI=1S/C17H28N2O/c1-3-18-14-16-4-6-17(7-5-16)20-13-12-19-10-8-15(2)9-11-19/h4-7,15,18H,3,8-14H2,1-2H3. The smallest absolute Gasteiger partial charge is 0.119 e. The van der Waals surface area contributed by atoms with Gasteiger partial charge in [0, 0.05) is 13.1 Å². The molecule has 1 saturated heterocycles. The van der Waals surface area contributed by atoms with Crippen LogP contribution in [0.15, 0.2) is 24.3 Å². The largest absolute Gasteiger partial charge is 0.492 e. The molecule has 1 heterocycles. The highest BCUT2D eigenvalue weighted by atomic mass is 16.5. The number of rotatable bonds is 7. The van der Waals surface area contributed by atoms with Crippen molar-refractivity contribution < 1.29 is 4.74 Å². The van der Waals surface area contributed by atoms with Crippen molar-refractivity contribution in [3.8, 4) is 5.75 Å². The second-order valence-corrected chi connectivity index (χ2v) is 5.80. The maximum atomic E-state index is 5.83. The minimum atomic E-state index is 0.793. The molecule has 20 heavy (non-hydrogen) atoms. The lowest BCUT2D eigenvalue weighted by atomic mass is 9.99. The molecule has 0 atom stereocenters. The van der Waals surface area contributed by atoms with E-state index in [4.69, 9.17) is 4.74 Å². The summed E-state index contributed by atoms with van der Waals surface area (Å²) in [7, 11) is 0. The Labute approximate surface area is 123 Å². The van der Waals surface area contributed by atoms with Crippen molar-refractivity contribution in [1.29, 1.82) is 0 Å². The molecule has 0 radical (unpaired) electrons. The van der Waals surface area contributed by atoms with Crippen molar-refractivity contribution in [2.24, 2.45) is 5.92 Å². The van der Waals surface area contributed by atoms with Crippen LogP contribution in [0.4, 0.5) is 0 Å². The molecule has 112 valence electrons. The Bertz CT molecular complexity index is 369. The second kappa shape index (κ2) is 8.28. The molecule has 3 nitrogen and oxygen atoms in total. The van der Waals surface area contributed by atoms with Crippen LogP contribution in [-0.4, -0.2) is 37.7 Å². The zero-order valence-corrected chi connectivity index (χ0v) is 12.9. The first-order valence-corrected chi connectivity index (χ1v) is 7.92. The highest BCUT2D eigenvalue weighted by Crippen LogP contribution is 2.16. The number of likely N-dealkylation sites (tertiary alicyclic amines) is 1. The minimum Gasteiger partial charge on any atom is -0.492 e. The molecule has 1 fully saturated rings. The van der Waals surface area contributed by atoms with Crippen LogP contribution in [0.1, 0.15) is 32.3 Å². The molecule has 2 rings (SSSR count). The number of hydrogen-bond acceptors (Lipinski definition) is 3. The second-order valence-electron chi connectivity index (χ2n) is 5.80. The molecular formula is C17H28N2O. The molecule has 1 aromatic carbocycles. The van der Waals surface area contributed by atoms with Crippen LogP contribution < -0.4 is 10.1 Å². The molecule has 0 bridgehead atoms. The first-order chi connectivity index (χ1) is 9.78. The molecule has 0 aliphatic carbocycles. The Morgan fingerprint density at radius 2 is 1.90 bits per heavy atom. The van der Waals surface area contributed by atoms with Gasteiger partial charge in [0.05, 0.1) is 0 Å². The monoisotopic (exact) mass is 276 g/mol. The summed E-state index contributed by atoms with van der Waals surface area (Å²) in [6.07, 6.45) is 2.66. The average molecular weight is 276 g/mol. The van der Waals surface area contributed by atoms with Crippen LogP contribution >= 0.6 is 0 Å². The fourth-order valence-corrected chi connectivity index (χ4v) is 2.55. The van der Waals surface area contributed by atoms with E-state index >= 15 is 0 Å². The van der Waals surface area contributed by atoms with Gasteiger partial charge >= 0.3 is 0 Å². The maximum absolute atomic E-state index is 5.83. The average Bonchev–Trinajstić information content (AvgIpc) is 2.48. The Hall–Kier alpha value is -1.06. The fraction of sp³-hybridized carbons (Fsp3) is 0.647. The van der Waals surface area contributed by atoms with E-state index in [-0.39, 0.29) is 0 Å². The number of nitrogens with zero attached hydrogens (tertiary/aromatic N) is 1. The normalized spacial score (nSPS) is 17.3. The van der Waals surface area contributed by atoms with E-state index < -0.39 is 0 Å². The van der Waals surface area contributed by atoms with E-state index in [9.17, 15) is 0 Å². The molecule has 0 spiro atoms. The number of hydrogen-bond donors (Lipinski definition) is 1. The van der Waals surface area contributed by atoms with Gasteiger partial charge in [-0.05, 0) is 56.1 Å². The quantitative estimate of drug-likeness (QED) is 0.829. The Balaban J connectivity index is 1.66. The summed E-state index contributed by atoms with van der Waals surface area (Å²) in [5.41, 5.74) is 1.31. The van der Waals surface area contributed by atoms with Gasteiger partial charge in [-0.15, -0.1) is 0 Å². The number of nitrogens with one attached hydrogen (secondary N) is 1. The fourth-order valence-electron chi connectivity index (χ4n) is 2.55. The number of ether oxygens (including phenoxy) is 1. The van der Waals surface area contributed by atoms with Gasteiger partial charge in [-0.1, -0.05) is 26.0 Å². The lowest BCUT2D eigenvalue weighted by Gasteiger charge is -2.29. The Morgan fingerprint density at radius 3 is 2.55 bits per heavy atom. The van der Waals surface area contributed by atoms with Gasteiger partial charge in [-0.2, -0.15) is 0 Å². The third-order valence-corrected chi connectivity index (χ3v) is 4.05. The van der Waals surface area contributed by atoms with Crippen LogP contribution in [0.2, 0.25) is 0 Å². The summed E-state index contributed by atoms with van der Waals surface area (Å²) < 4.78 is 5.83. The van der Waals surface area contributed by atoms with E-state index in [0.717, 1.165) is 37.9 Å². The third-order valence-electron chi connectivity index (χ3n) is 4.05. The van der Waals surface area contributed by atoms with Crippen molar-refractivity contribution in [1.82, 2.24) is 10.2 Å². The van der Waals surface area contributed by atoms with Gasteiger partial charge in [0.15, 0.2) is 0 Å². The summed E-state index contributed by atoms with van der Waals surface area (Å²) >= 11 is 0. The van der Waals surface area contributed by atoms with Gasteiger partial charge in [-0.3, -0.25) is 4.90 Å². The summed E-state index contributed by atoms with van der Waals surface area (Å²) in [5.74, 6) is 1.88. The topological polar surface area (TPSA) is 24.5 Å². The van der Waals surface area contributed by atoms with Crippen LogP contribution in [0.5, 0.6) is 5.75 Å². The summed E-state index contributed by atoms with van der Waals surface area (Å²) in [6, 6.07) is 8.43. The highest BCUT2D eigenvalue weighted by Gasteiger charge is 2.14. The molecule has 0 amide bonds. The summed E-state index contributed by atoms with van der Waals surface area (Å²) in [4.78, 5) is 2.51. The minimum absolute atomic E-state index is 0.793. The first kappa shape index (κ1) is 15.3. The van der Waals surface area contributed by atoms with Gasteiger partial charge in [0.2, 0.25) is 0 Å². The predicted octanol–water partition coefficient (Wildman–Crippen LogP) is 2.91. The molecule has 1 aromatic rings. The van der Waals surface area contributed by atoms with Crippen molar-refractivity contribution in [3.63, 3.8) is 0 Å². The zero-order chi connectivity index (χ0) is 14.2. The predicted molar refractivity (Wildman–Crippen MR) is 84.2 cm³/mol. The summed E-state index contributed by atoms with van der Waals surface area (Å²) in [6.45, 7) is 10.7. The SMILES string of the molecule is CCNCc1ccc(OCCN2CCC(C)CC2)cc1. The van der Waals surface area contributed by atoms with E-state index in [2.05, 4.69) is 48.3 Å². The van der Waals surface area contributed by atoms with E-state index in [1.54, 1.807) is 0 Å². The molecular weight excluding hydrogens is 248 g/mol. The highest BCUT2D eigenvalue weighted by molar-refractivity contribution is 5.27. The zero-order valence-electron chi connectivity index (χ0n) is 12.9. The molecule has 0 saturated carbocycles. The third kappa shape index (κ3) is 5.14. The first-order valence-electron chi connectivity index (χ1n) is 7.92. The van der Waals surface area contributed by atoms with E-state index in [1.807, 2.05) is 0 Å². The molecule has 0 unspecified atom stereocenters. The van der Waals surface area contributed by atoms with Gasteiger partial charge in [-0.25, -0.2) is 0 Å². The van der Waals surface area contributed by atoms with Crippen molar-refractivity contribution in [2.75, 3.05) is 32.8 Å². The van der Waals surface area contributed by atoms with Crippen LogP contribution in [-0.2, 0) is 6.54 Å². The van der Waals surface area contributed by atoms with Crippen LogP contribution in [0, 0.1) is 5.92 Å². The van der Waals surface area contributed by atoms with E-state index in [1.165, 1.54) is 31.5 Å². The molecule has 3 heteroatoms. The van der Waals surface area contributed by atoms with Gasteiger partial charge in [0.1, 0.15) is 12.4 Å². The van der Waals surface area contributed by atoms with Crippen LogP contribution in [0.3, 0.4) is 0 Å². The maximum Gasteiger partial charge on any atom is 0.119 e.